The Bertz CT molecular complexity index is 4230. The Labute approximate surface area is 702 Å². The first kappa shape index (κ1) is 89.6. The minimum atomic E-state index is -1.59. The molecule has 0 radical (unpaired) electrons. The van der Waals surface area contributed by atoms with Crippen molar-refractivity contribution in [2.24, 2.45) is 5.11 Å². The average Bonchev–Trinajstić information content (AvgIpc) is 0.762. The number of ether oxygens (including phenoxy) is 15. The number of rotatable bonds is 52. The summed E-state index contributed by atoms with van der Waals surface area (Å²) in [6.07, 6.45) is -0.928. The first-order valence-electron chi connectivity index (χ1n) is 42.6. The highest BCUT2D eigenvalue weighted by molar-refractivity contribution is 5.21. The lowest BCUT2D eigenvalue weighted by Gasteiger charge is -2.51. The molecule has 3 fully saturated rings. The summed E-state index contributed by atoms with van der Waals surface area (Å²) in [5.74, 6) is 0. The molecule has 2 N–H and O–H groups in total. The highest BCUT2D eigenvalue weighted by Crippen LogP contribution is 2.39. The van der Waals surface area contributed by atoms with Crippen LogP contribution in [-0.2, 0) is 131 Å². The maximum atomic E-state index is 13.3. The molecule has 3 heterocycles. The number of nitrogens with zero attached hydrogens (tertiary/aromatic N) is 3. The standard InChI is InChI=1S/C99H119N3O17/c1-2-3-4-5-6-7-8-9-10-11-12-13-41-60-84(108-64-77-48-29-17-30-49-77)83(101-102-100)70-114-97-89(104)93(110-66-79-52-33-19-34-53-79)91(86(115-97)72-106-62-75-44-25-15-26-45-75)118-99-96(113-69-82-58-39-22-40-59-82)95(112-68-81-56-37-21-38-57-81)92(87(117-99)73-107-63-76-46-27-16-28-47-76)119-98-94(111-67-80-54-35-20-36-55-80)88(103)90(109-65-78-50-31-18-32-51-78)85(116-98)71-105-61-74-42-23-14-24-43-74/h14-60,83-99,103-104H,2-13,61-73H2,1H3/b60-41+/t83?,84-,85?,86?,87?,88?,89?,90+,91-,92+,93?,94?,95?,96?,97-,98+,99+/m1/s1. The zero-order chi connectivity index (χ0) is 81.9. The molecule has 20 nitrogen and oxygen atoms in total. The molecular weight excluding hydrogens is 1500 g/mol. The molecule has 3 saturated heterocycles. The fraction of sp³-hybridized carbons (Fsp3) is 0.434. The van der Waals surface area contributed by atoms with Crippen molar-refractivity contribution in [3.8, 4) is 0 Å². The normalized spacial score (nSPS) is 23.7. The third-order valence-corrected chi connectivity index (χ3v) is 21.6. The van der Waals surface area contributed by atoms with Crippen LogP contribution in [0.1, 0.15) is 134 Å². The molecule has 12 rings (SSSR count). The van der Waals surface area contributed by atoms with Gasteiger partial charge in [0, 0.05) is 4.91 Å². The number of benzene rings is 9. The van der Waals surface area contributed by atoms with Crippen molar-refractivity contribution < 1.29 is 81.3 Å². The second kappa shape index (κ2) is 51.2. The van der Waals surface area contributed by atoms with Crippen LogP contribution in [0.4, 0.5) is 0 Å². The van der Waals surface area contributed by atoms with Crippen LogP contribution >= 0.6 is 0 Å². The summed E-state index contributed by atoms with van der Waals surface area (Å²) in [5, 5.41) is 30.9. The van der Waals surface area contributed by atoms with Gasteiger partial charge in [0.05, 0.1) is 98.0 Å². The topological polar surface area (TPSA) is 228 Å². The van der Waals surface area contributed by atoms with Crippen LogP contribution in [0.15, 0.2) is 290 Å². The minimum Gasteiger partial charge on any atom is -0.387 e. The number of hydrogen-bond acceptors (Lipinski definition) is 18. The van der Waals surface area contributed by atoms with E-state index >= 15 is 0 Å². The van der Waals surface area contributed by atoms with Crippen LogP contribution in [-0.4, -0.2) is 141 Å². The Morgan fingerprint density at radius 3 is 1.04 bits per heavy atom. The molecule has 632 valence electrons. The molecule has 0 aliphatic carbocycles. The van der Waals surface area contributed by atoms with Gasteiger partial charge in [0.1, 0.15) is 73.2 Å². The maximum Gasteiger partial charge on any atom is 0.187 e. The SMILES string of the molecule is CCCCCCCCCCCCC/C=C/[C@@H](OCc1ccccc1)C(CO[C@@H]1OC(COCc2ccccc2)[C@@H](O[C@@H]2OC(COCc3ccccc3)[C@H](O[C@@H]3OC(COCc4ccccc4)[C@H](OCc4ccccc4)C(O)C3OCc3ccccc3)C(OCc3ccccc3)C2OCc2ccccc2)C(OCc2ccccc2)C1O)N=[N+]=[N-]. The van der Waals surface area contributed by atoms with Crippen LogP contribution in [0.25, 0.3) is 10.4 Å². The van der Waals surface area contributed by atoms with Crippen molar-refractivity contribution in [2.75, 3.05) is 26.4 Å². The highest BCUT2D eigenvalue weighted by Gasteiger charge is 2.57. The number of aliphatic hydroxyl groups is 2. The summed E-state index contributed by atoms with van der Waals surface area (Å²) in [6, 6.07) is 87.0. The molecule has 9 aromatic rings. The molecule has 0 amide bonds. The molecule has 0 saturated carbocycles. The zero-order valence-electron chi connectivity index (χ0n) is 68.5. The monoisotopic (exact) mass is 1620 g/mol. The van der Waals surface area contributed by atoms with Gasteiger partial charge in [-0.3, -0.25) is 0 Å². The first-order valence-corrected chi connectivity index (χ1v) is 42.6. The quantitative estimate of drug-likeness (QED) is 0.0119. The fourth-order valence-corrected chi connectivity index (χ4v) is 15.1. The molecule has 3 aliphatic heterocycles. The van der Waals surface area contributed by atoms with Crippen molar-refractivity contribution in [1.82, 2.24) is 0 Å². The summed E-state index contributed by atoms with van der Waals surface area (Å²) in [5.41, 5.74) is 18.2. The van der Waals surface area contributed by atoms with Gasteiger partial charge < -0.3 is 81.3 Å². The zero-order valence-corrected chi connectivity index (χ0v) is 68.5. The van der Waals surface area contributed by atoms with Gasteiger partial charge in [-0.2, -0.15) is 0 Å². The van der Waals surface area contributed by atoms with Gasteiger partial charge in [-0.25, -0.2) is 0 Å². The molecule has 17 atom stereocenters. The van der Waals surface area contributed by atoms with Crippen LogP contribution in [0.3, 0.4) is 0 Å². The van der Waals surface area contributed by atoms with Gasteiger partial charge in [-0.05, 0) is 68.4 Å². The van der Waals surface area contributed by atoms with E-state index in [2.05, 4.69) is 23.0 Å². The van der Waals surface area contributed by atoms with E-state index in [1.807, 2.05) is 279 Å². The Morgan fingerprint density at radius 1 is 0.336 bits per heavy atom. The molecule has 0 aromatic heterocycles. The average molecular weight is 1620 g/mol. The number of aliphatic hydroxyl groups excluding tert-OH is 2. The first-order chi connectivity index (χ1) is 58.8. The molecular formula is C99H119N3O17. The number of azide groups is 1. The van der Waals surface area contributed by atoms with E-state index in [4.69, 9.17) is 71.1 Å². The predicted molar refractivity (Wildman–Crippen MR) is 455 cm³/mol. The lowest BCUT2D eigenvalue weighted by molar-refractivity contribution is -0.393. The van der Waals surface area contributed by atoms with Gasteiger partial charge in [-0.1, -0.05) is 361 Å². The van der Waals surface area contributed by atoms with Crippen LogP contribution < -0.4 is 0 Å². The lowest BCUT2D eigenvalue weighted by Crippen LogP contribution is -2.68. The largest absolute Gasteiger partial charge is 0.387 e. The summed E-state index contributed by atoms with van der Waals surface area (Å²) in [6.45, 7) is 2.85. The summed E-state index contributed by atoms with van der Waals surface area (Å²) in [4.78, 5) is 3.35. The molecule has 119 heavy (non-hydrogen) atoms. The van der Waals surface area contributed by atoms with Gasteiger partial charge in [0.15, 0.2) is 18.9 Å². The minimum absolute atomic E-state index is 0.0126. The van der Waals surface area contributed by atoms with Crippen molar-refractivity contribution in [1.29, 1.82) is 0 Å². The number of allylic oxidation sites excluding steroid dienone is 1. The van der Waals surface area contributed by atoms with Gasteiger partial charge in [-0.15, -0.1) is 0 Å². The number of unbranched alkanes of at least 4 members (excludes halogenated alkanes) is 11. The molecule has 0 spiro atoms. The number of hydrogen-bond donors (Lipinski definition) is 2. The van der Waals surface area contributed by atoms with E-state index in [0.717, 1.165) is 69.3 Å². The van der Waals surface area contributed by atoms with Crippen molar-refractivity contribution in [2.45, 2.75) is 248 Å². The van der Waals surface area contributed by atoms with Crippen molar-refractivity contribution in [3.63, 3.8) is 0 Å². The van der Waals surface area contributed by atoms with E-state index in [9.17, 15) is 15.7 Å². The summed E-state index contributed by atoms with van der Waals surface area (Å²) >= 11 is 0. The Kier molecular flexibility index (Phi) is 38.5. The van der Waals surface area contributed by atoms with Gasteiger partial charge >= 0.3 is 0 Å². The summed E-state index contributed by atoms with van der Waals surface area (Å²) in [7, 11) is 0. The Balaban J connectivity index is 0.901. The van der Waals surface area contributed by atoms with E-state index < -0.39 is 104 Å². The highest BCUT2D eigenvalue weighted by atomic mass is 16.8. The van der Waals surface area contributed by atoms with Crippen molar-refractivity contribution >= 4 is 0 Å². The van der Waals surface area contributed by atoms with E-state index in [0.29, 0.717) is 0 Å². The van der Waals surface area contributed by atoms with Crippen LogP contribution in [0, 0.1) is 0 Å². The van der Waals surface area contributed by atoms with Crippen LogP contribution in [0.2, 0.25) is 0 Å². The fourth-order valence-electron chi connectivity index (χ4n) is 15.1. The molecule has 9 aromatic carbocycles. The van der Waals surface area contributed by atoms with E-state index in [1.54, 1.807) is 0 Å². The molecule has 10 unspecified atom stereocenters. The van der Waals surface area contributed by atoms with Crippen molar-refractivity contribution in [3.05, 3.63) is 346 Å². The smallest absolute Gasteiger partial charge is 0.187 e. The van der Waals surface area contributed by atoms with E-state index in [-0.39, 0.29) is 85.9 Å². The molecule has 3 aliphatic rings. The third kappa shape index (κ3) is 29.6. The second-order valence-electron chi connectivity index (χ2n) is 30.7. The Morgan fingerprint density at radius 2 is 0.647 bits per heavy atom. The maximum absolute atomic E-state index is 13.3. The third-order valence-electron chi connectivity index (χ3n) is 21.6. The van der Waals surface area contributed by atoms with Gasteiger partial charge in [0.2, 0.25) is 0 Å². The van der Waals surface area contributed by atoms with Gasteiger partial charge in [0.25, 0.3) is 0 Å². The predicted octanol–water partition coefficient (Wildman–Crippen LogP) is 18.8. The molecule has 0 bridgehead atoms. The second-order valence-corrected chi connectivity index (χ2v) is 30.7. The lowest BCUT2D eigenvalue weighted by atomic mass is 9.95. The van der Waals surface area contributed by atoms with Crippen LogP contribution in [0.5, 0.6) is 0 Å². The Hall–Kier alpha value is -8.65. The summed E-state index contributed by atoms with van der Waals surface area (Å²) < 4.78 is 106. The van der Waals surface area contributed by atoms with E-state index in [1.165, 1.54) is 57.8 Å². The molecule has 20 heteroatoms.